The van der Waals surface area contributed by atoms with Gasteiger partial charge in [-0.3, -0.25) is 9.59 Å². The van der Waals surface area contributed by atoms with Crippen molar-refractivity contribution >= 4 is 11.8 Å². The van der Waals surface area contributed by atoms with Gasteiger partial charge in [-0.15, -0.1) is 0 Å². The summed E-state index contributed by atoms with van der Waals surface area (Å²) in [6, 6.07) is 24.7. The Bertz CT molecular complexity index is 993. The molecule has 4 nitrogen and oxygen atoms in total. The van der Waals surface area contributed by atoms with Gasteiger partial charge in [0.05, 0.1) is 6.42 Å². The van der Waals surface area contributed by atoms with Crippen LogP contribution in [0.1, 0.15) is 23.6 Å². The van der Waals surface area contributed by atoms with Gasteiger partial charge in [-0.2, -0.15) is 0 Å². The molecule has 0 saturated heterocycles. The van der Waals surface area contributed by atoms with Crippen molar-refractivity contribution in [1.82, 2.24) is 10.2 Å². The van der Waals surface area contributed by atoms with Crippen molar-refractivity contribution in [1.29, 1.82) is 0 Å². The average molecular weight is 419 g/mol. The van der Waals surface area contributed by atoms with Gasteiger partial charge in [0.1, 0.15) is 11.9 Å². The topological polar surface area (TPSA) is 49.4 Å². The SMILES string of the molecule is CCNC(=O)[C@@H](Cc1ccccc1)N(Cc1ccccc1)C(=O)Cc1ccccc1F. The summed E-state index contributed by atoms with van der Waals surface area (Å²) >= 11 is 0. The molecule has 0 fully saturated rings. The van der Waals surface area contributed by atoms with E-state index in [2.05, 4.69) is 5.32 Å². The van der Waals surface area contributed by atoms with Crippen molar-refractivity contribution in [3.05, 3.63) is 107 Å². The Hall–Kier alpha value is -3.47. The molecule has 2 amide bonds. The number of hydrogen-bond donors (Lipinski definition) is 1. The molecule has 0 heterocycles. The van der Waals surface area contributed by atoms with Gasteiger partial charge in [-0.25, -0.2) is 4.39 Å². The lowest BCUT2D eigenvalue weighted by Crippen LogP contribution is -2.51. The lowest BCUT2D eigenvalue weighted by molar-refractivity contribution is -0.140. The number of nitrogens with zero attached hydrogens (tertiary/aromatic N) is 1. The van der Waals surface area contributed by atoms with E-state index in [9.17, 15) is 14.0 Å². The summed E-state index contributed by atoms with van der Waals surface area (Å²) in [6.07, 6.45) is 0.271. The van der Waals surface area contributed by atoms with E-state index in [1.807, 2.05) is 67.6 Å². The second-order valence-electron chi connectivity index (χ2n) is 7.38. The molecule has 0 saturated carbocycles. The standard InChI is InChI=1S/C26H27FN2O2/c1-2-28-26(31)24(17-20-11-5-3-6-12-20)29(19-21-13-7-4-8-14-21)25(30)18-22-15-9-10-16-23(22)27/h3-16,24H,2,17-19H2,1H3,(H,28,31)/t24-/m1/s1. The number of likely N-dealkylation sites (N-methyl/N-ethyl adjacent to an activating group) is 1. The monoisotopic (exact) mass is 418 g/mol. The van der Waals surface area contributed by atoms with Gasteiger partial charge >= 0.3 is 0 Å². The lowest BCUT2D eigenvalue weighted by atomic mass is 10.0. The molecule has 1 atom stereocenters. The largest absolute Gasteiger partial charge is 0.355 e. The number of carbonyl (C=O) groups is 2. The highest BCUT2D eigenvalue weighted by molar-refractivity contribution is 5.88. The van der Waals surface area contributed by atoms with E-state index < -0.39 is 11.9 Å². The number of benzene rings is 3. The van der Waals surface area contributed by atoms with Crippen LogP contribution >= 0.6 is 0 Å². The Morgan fingerprint density at radius 1 is 0.871 bits per heavy atom. The second-order valence-corrected chi connectivity index (χ2v) is 7.38. The van der Waals surface area contributed by atoms with Crippen LogP contribution in [0.5, 0.6) is 0 Å². The van der Waals surface area contributed by atoms with Gasteiger partial charge in [-0.1, -0.05) is 78.9 Å². The number of amides is 2. The maximum Gasteiger partial charge on any atom is 0.243 e. The molecule has 0 unspecified atom stereocenters. The quantitative estimate of drug-likeness (QED) is 0.568. The minimum absolute atomic E-state index is 0.107. The highest BCUT2D eigenvalue weighted by Gasteiger charge is 2.30. The van der Waals surface area contributed by atoms with E-state index in [1.165, 1.54) is 6.07 Å². The minimum Gasteiger partial charge on any atom is -0.355 e. The van der Waals surface area contributed by atoms with Crippen LogP contribution in [0.25, 0.3) is 0 Å². The third kappa shape index (κ3) is 6.25. The third-order valence-corrected chi connectivity index (χ3v) is 5.12. The van der Waals surface area contributed by atoms with Gasteiger partial charge in [0.2, 0.25) is 11.8 Å². The van der Waals surface area contributed by atoms with Gasteiger partial charge in [0.25, 0.3) is 0 Å². The van der Waals surface area contributed by atoms with E-state index >= 15 is 0 Å². The average Bonchev–Trinajstić information content (AvgIpc) is 2.79. The Kier molecular flexibility index (Phi) is 7.93. The maximum absolute atomic E-state index is 14.2. The van der Waals surface area contributed by atoms with Crippen molar-refractivity contribution in [2.24, 2.45) is 0 Å². The molecule has 1 N–H and O–H groups in total. The molecule has 160 valence electrons. The molecule has 0 aliphatic rings. The van der Waals surface area contributed by atoms with E-state index in [0.29, 0.717) is 18.5 Å². The smallest absolute Gasteiger partial charge is 0.243 e. The molecular formula is C26H27FN2O2. The molecule has 0 radical (unpaired) electrons. The fraction of sp³-hybridized carbons (Fsp3) is 0.231. The fourth-order valence-electron chi connectivity index (χ4n) is 3.53. The first kappa shape index (κ1) is 22.2. The van der Waals surface area contributed by atoms with Crippen molar-refractivity contribution in [2.45, 2.75) is 32.4 Å². The molecule has 3 aromatic carbocycles. The predicted octanol–water partition coefficient (Wildman–Crippen LogP) is 4.14. The summed E-state index contributed by atoms with van der Waals surface area (Å²) in [7, 11) is 0. The van der Waals surface area contributed by atoms with Crippen LogP contribution < -0.4 is 5.32 Å². The Balaban J connectivity index is 1.94. The van der Waals surface area contributed by atoms with Crippen molar-refractivity contribution in [3.63, 3.8) is 0 Å². The van der Waals surface area contributed by atoms with Crippen molar-refractivity contribution in [2.75, 3.05) is 6.54 Å². The molecule has 3 aromatic rings. The number of nitrogens with one attached hydrogen (secondary N) is 1. The number of hydrogen-bond acceptors (Lipinski definition) is 2. The van der Waals surface area contributed by atoms with Crippen LogP contribution in [0, 0.1) is 5.82 Å². The van der Waals surface area contributed by atoms with Crippen LogP contribution in [0.4, 0.5) is 4.39 Å². The van der Waals surface area contributed by atoms with Gasteiger partial charge in [-0.05, 0) is 29.7 Å². The first-order valence-corrected chi connectivity index (χ1v) is 10.5. The van der Waals surface area contributed by atoms with Gasteiger partial charge in [0.15, 0.2) is 0 Å². The molecule has 0 aliphatic carbocycles. The molecule has 0 spiro atoms. The fourth-order valence-corrected chi connectivity index (χ4v) is 3.53. The first-order chi connectivity index (χ1) is 15.1. The molecule has 0 bridgehead atoms. The van der Waals surface area contributed by atoms with Gasteiger partial charge in [0, 0.05) is 19.5 Å². The minimum atomic E-state index is -0.707. The summed E-state index contributed by atoms with van der Waals surface area (Å²) in [5.41, 5.74) is 2.18. The summed E-state index contributed by atoms with van der Waals surface area (Å²) in [6.45, 7) is 2.58. The van der Waals surface area contributed by atoms with Crippen LogP contribution in [-0.4, -0.2) is 29.3 Å². The molecular weight excluding hydrogens is 391 g/mol. The zero-order valence-electron chi connectivity index (χ0n) is 17.6. The number of rotatable bonds is 9. The summed E-state index contributed by atoms with van der Waals surface area (Å²) in [5, 5.41) is 2.86. The van der Waals surface area contributed by atoms with E-state index in [-0.39, 0.29) is 24.8 Å². The molecule has 5 heteroatoms. The summed E-state index contributed by atoms with van der Waals surface area (Å²) in [5.74, 6) is -0.932. The van der Waals surface area contributed by atoms with E-state index in [4.69, 9.17) is 0 Å². The lowest BCUT2D eigenvalue weighted by Gasteiger charge is -2.31. The number of carbonyl (C=O) groups excluding carboxylic acids is 2. The van der Waals surface area contributed by atoms with E-state index in [0.717, 1.165) is 11.1 Å². The highest BCUT2D eigenvalue weighted by Crippen LogP contribution is 2.17. The first-order valence-electron chi connectivity index (χ1n) is 10.5. The van der Waals surface area contributed by atoms with Crippen molar-refractivity contribution in [3.8, 4) is 0 Å². The van der Waals surface area contributed by atoms with Crippen LogP contribution in [-0.2, 0) is 29.0 Å². The summed E-state index contributed by atoms with van der Waals surface area (Å²) < 4.78 is 14.2. The Labute approximate surface area is 182 Å². The van der Waals surface area contributed by atoms with Crippen LogP contribution in [0.3, 0.4) is 0 Å². The second kappa shape index (κ2) is 11.1. The molecule has 0 aliphatic heterocycles. The Morgan fingerprint density at radius 2 is 1.45 bits per heavy atom. The zero-order chi connectivity index (χ0) is 22.1. The van der Waals surface area contributed by atoms with Crippen LogP contribution in [0.15, 0.2) is 84.9 Å². The molecule has 3 rings (SSSR count). The van der Waals surface area contributed by atoms with Crippen molar-refractivity contribution < 1.29 is 14.0 Å². The normalized spacial score (nSPS) is 11.5. The molecule has 31 heavy (non-hydrogen) atoms. The predicted molar refractivity (Wildman–Crippen MR) is 120 cm³/mol. The third-order valence-electron chi connectivity index (χ3n) is 5.12. The zero-order valence-corrected chi connectivity index (χ0v) is 17.6. The molecule has 0 aromatic heterocycles. The van der Waals surface area contributed by atoms with Crippen LogP contribution in [0.2, 0.25) is 0 Å². The summed E-state index contributed by atoms with van der Waals surface area (Å²) in [4.78, 5) is 28.0. The Morgan fingerprint density at radius 3 is 2.06 bits per heavy atom. The highest BCUT2D eigenvalue weighted by atomic mass is 19.1. The number of halogens is 1. The maximum atomic E-state index is 14.2. The van der Waals surface area contributed by atoms with E-state index in [1.54, 1.807) is 23.1 Å². The van der Waals surface area contributed by atoms with Gasteiger partial charge < -0.3 is 10.2 Å².